The van der Waals surface area contributed by atoms with Crippen molar-refractivity contribution < 1.29 is 14.7 Å². The van der Waals surface area contributed by atoms with Gasteiger partial charge in [0.1, 0.15) is 0 Å². The number of carboxylic acids is 1. The molecule has 0 aliphatic carbocycles. The molecule has 20 heavy (non-hydrogen) atoms. The number of aryl methyl sites for hydroxylation is 1. The molecule has 0 bridgehead atoms. The van der Waals surface area contributed by atoms with Crippen LogP contribution in [0.25, 0.3) is 0 Å². The molecule has 1 aliphatic heterocycles. The molecule has 0 unspecified atom stereocenters. The lowest BCUT2D eigenvalue weighted by Gasteiger charge is -2.30. The molecule has 5 nitrogen and oxygen atoms in total. The standard InChI is InChI=1S/C15H18N2O3/c1-2-7-16-14(18)10-17-8-3-4-11-9-12(15(19)20)5-6-13(11)17/h2,5-6,9H,1,3-4,7-8,10H2,(H,16,18)(H,19,20). The van der Waals surface area contributed by atoms with Gasteiger partial charge < -0.3 is 15.3 Å². The van der Waals surface area contributed by atoms with Gasteiger partial charge in [-0.25, -0.2) is 4.79 Å². The normalized spacial score (nSPS) is 13.5. The lowest BCUT2D eigenvalue weighted by atomic mass is 9.99. The summed E-state index contributed by atoms with van der Waals surface area (Å²) < 4.78 is 0. The second-order valence-corrected chi connectivity index (χ2v) is 4.77. The number of anilines is 1. The zero-order chi connectivity index (χ0) is 14.5. The summed E-state index contributed by atoms with van der Waals surface area (Å²) in [6.45, 7) is 5.10. The van der Waals surface area contributed by atoms with Crippen LogP contribution in [0.1, 0.15) is 22.3 Å². The molecule has 0 atom stereocenters. The Hall–Kier alpha value is -2.30. The van der Waals surface area contributed by atoms with Gasteiger partial charge in [-0.2, -0.15) is 0 Å². The molecule has 0 saturated heterocycles. The van der Waals surface area contributed by atoms with Crippen molar-refractivity contribution in [3.63, 3.8) is 0 Å². The first kappa shape index (κ1) is 14.1. The fourth-order valence-corrected chi connectivity index (χ4v) is 2.39. The fraction of sp³-hybridized carbons (Fsp3) is 0.333. The third-order valence-electron chi connectivity index (χ3n) is 3.32. The van der Waals surface area contributed by atoms with Crippen LogP contribution < -0.4 is 10.2 Å². The van der Waals surface area contributed by atoms with Crippen LogP contribution in [0.4, 0.5) is 5.69 Å². The number of nitrogens with zero attached hydrogens (tertiary/aromatic N) is 1. The molecule has 0 spiro atoms. The molecule has 0 fully saturated rings. The van der Waals surface area contributed by atoms with Gasteiger partial charge in [0, 0.05) is 18.8 Å². The number of carbonyl (C=O) groups excluding carboxylic acids is 1. The SMILES string of the molecule is C=CCNC(=O)CN1CCCc2cc(C(=O)O)ccc21. The first-order valence-electron chi connectivity index (χ1n) is 6.60. The van der Waals surface area contributed by atoms with Gasteiger partial charge >= 0.3 is 5.97 Å². The number of carbonyl (C=O) groups is 2. The molecule has 0 aromatic heterocycles. The average Bonchev–Trinajstić information content (AvgIpc) is 2.44. The van der Waals surface area contributed by atoms with Gasteiger partial charge in [0.05, 0.1) is 12.1 Å². The zero-order valence-corrected chi connectivity index (χ0v) is 11.3. The maximum absolute atomic E-state index is 11.8. The van der Waals surface area contributed by atoms with Gasteiger partial charge in [-0.05, 0) is 36.6 Å². The summed E-state index contributed by atoms with van der Waals surface area (Å²) in [5.41, 5.74) is 2.24. The quantitative estimate of drug-likeness (QED) is 0.797. The summed E-state index contributed by atoms with van der Waals surface area (Å²) in [6, 6.07) is 5.07. The van der Waals surface area contributed by atoms with Crippen molar-refractivity contribution in [2.75, 3.05) is 24.5 Å². The van der Waals surface area contributed by atoms with E-state index in [0.29, 0.717) is 12.1 Å². The topological polar surface area (TPSA) is 69.6 Å². The fourth-order valence-electron chi connectivity index (χ4n) is 2.39. The smallest absolute Gasteiger partial charge is 0.335 e. The number of amides is 1. The van der Waals surface area contributed by atoms with Crippen LogP contribution in [0, 0.1) is 0 Å². The van der Waals surface area contributed by atoms with Crippen molar-refractivity contribution in [2.24, 2.45) is 0 Å². The molecule has 1 amide bonds. The largest absolute Gasteiger partial charge is 0.478 e. The third-order valence-corrected chi connectivity index (χ3v) is 3.32. The van der Waals surface area contributed by atoms with Crippen LogP contribution >= 0.6 is 0 Å². The second kappa shape index (κ2) is 6.23. The monoisotopic (exact) mass is 274 g/mol. The first-order chi connectivity index (χ1) is 9.61. The Morgan fingerprint density at radius 3 is 2.95 bits per heavy atom. The average molecular weight is 274 g/mol. The summed E-state index contributed by atoms with van der Waals surface area (Å²) >= 11 is 0. The number of nitrogens with one attached hydrogen (secondary N) is 1. The highest BCUT2D eigenvalue weighted by atomic mass is 16.4. The van der Waals surface area contributed by atoms with E-state index < -0.39 is 5.97 Å². The maximum atomic E-state index is 11.8. The van der Waals surface area contributed by atoms with E-state index in [4.69, 9.17) is 5.11 Å². The molecule has 5 heteroatoms. The molecule has 1 heterocycles. The zero-order valence-electron chi connectivity index (χ0n) is 11.3. The van der Waals surface area contributed by atoms with Crippen LogP contribution in [-0.2, 0) is 11.2 Å². The number of benzene rings is 1. The minimum absolute atomic E-state index is 0.0555. The Balaban J connectivity index is 2.14. The van der Waals surface area contributed by atoms with Gasteiger partial charge in [0.25, 0.3) is 0 Å². The van der Waals surface area contributed by atoms with Crippen LogP contribution in [-0.4, -0.2) is 36.6 Å². The van der Waals surface area contributed by atoms with Crippen molar-refractivity contribution in [1.29, 1.82) is 0 Å². The Labute approximate surface area is 117 Å². The highest BCUT2D eigenvalue weighted by molar-refractivity contribution is 5.89. The summed E-state index contributed by atoms with van der Waals surface area (Å²) in [6.07, 6.45) is 3.41. The summed E-state index contributed by atoms with van der Waals surface area (Å²) in [7, 11) is 0. The van der Waals surface area contributed by atoms with Crippen LogP contribution in [0.15, 0.2) is 30.9 Å². The molecule has 2 N–H and O–H groups in total. The van der Waals surface area contributed by atoms with Crippen molar-refractivity contribution in [1.82, 2.24) is 5.32 Å². The molecule has 1 aliphatic rings. The highest BCUT2D eigenvalue weighted by Gasteiger charge is 2.20. The minimum Gasteiger partial charge on any atom is -0.478 e. The van der Waals surface area contributed by atoms with Gasteiger partial charge in [-0.1, -0.05) is 6.08 Å². The predicted octanol–water partition coefficient (Wildman–Crippen LogP) is 1.44. The number of aromatic carboxylic acids is 1. The lowest BCUT2D eigenvalue weighted by Crippen LogP contribution is -2.39. The van der Waals surface area contributed by atoms with E-state index in [1.165, 1.54) is 0 Å². The molecule has 0 saturated carbocycles. The van der Waals surface area contributed by atoms with Gasteiger partial charge in [-0.3, -0.25) is 4.79 Å². The summed E-state index contributed by atoms with van der Waals surface area (Å²) in [5.74, 6) is -0.978. The molecule has 1 aromatic carbocycles. The maximum Gasteiger partial charge on any atom is 0.335 e. The molecule has 0 radical (unpaired) electrons. The summed E-state index contributed by atoms with van der Waals surface area (Å²) in [5, 5.41) is 11.8. The van der Waals surface area contributed by atoms with E-state index in [9.17, 15) is 9.59 Å². The Bertz CT molecular complexity index is 540. The van der Waals surface area contributed by atoms with E-state index in [1.807, 2.05) is 4.90 Å². The van der Waals surface area contributed by atoms with E-state index in [0.717, 1.165) is 30.6 Å². The molecule has 2 rings (SSSR count). The number of hydrogen-bond donors (Lipinski definition) is 2. The molecular weight excluding hydrogens is 256 g/mol. The van der Waals surface area contributed by atoms with Crippen LogP contribution in [0.2, 0.25) is 0 Å². The van der Waals surface area contributed by atoms with E-state index in [-0.39, 0.29) is 12.5 Å². The molecule has 1 aromatic rings. The summed E-state index contributed by atoms with van der Waals surface area (Å²) in [4.78, 5) is 24.7. The van der Waals surface area contributed by atoms with Crippen molar-refractivity contribution >= 4 is 17.6 Å². The Morgan fingerprint density at radius 1 is 1.45 bits per heavy atom. The van der Waals surface area contributed by atoms with Crippen LogP contribution in [0.5, 0.6) is 0 Å². The highest BCUT2D eigenvalue weighted by Crippen LogP contribution is 2.27. The van der Waals surface area contributed by atoms with Crippen molar-refractivity contribution in [3.8, 4) is 0 Å². The van der Waals surface area contributed by atoms with Gasteiger partial charge in [-0.15, -0.1) is 6.58 Å². The van der Waals surface area contributed by atoms with Gasteiger partial charge in [0.15, 0.2) is 0 Å². The minimum atomic E-state index is -0.923. The Morgan fingerprint density at radius 2 is 2.25 bits per heavy atom. The van der Waals surface area contributed by atoms with Gasteiger partial charge in [0.2, 0.25) is 5.91 Å². The lowest BCUT2D eigenvalue weighted by molar-refractivity contribution is -0.119. The van der Waals surface area contributed by atoms with E-state index in [2.05, 4.69) is 11.9 Å². The predicted molar refractivity (Wildman–Crippen MR) is 77.1 cm³/mol. The molecule has 106 valence electrons. The van der Waals surface area contributed by atoms with Crippen LogP contribution in [0.3, 0.4) is 0 Å². The Kier molecular flexibility index (Phi) is 4.40. The third kappa shape index (κ3) is 3.17. The second-order valence-electron chi connectivity index (χ2n) is 4.77. The van der Waals surface area contributed by atoms with E-state index in [1.54, 1.807) is 24.3 Å². The number of fused-ring (bicyclic) bond motifs is 1. The first-order valence-corrected chi connectivity index (χ1v) is 6.60. The number of hydrogen-bond acceptors (Lipinski definition) is 3. The van der Waals surface area contributed by atoms with E-state index >= 15 is 0 Å². The number of carboxylic acid groups (broad SMARTS) is 1. The van der Waals surface area contributed by atoms with Crippen molar-refractivity contribution in [2.45, 2.75) is 12.8 Å². The molecular formula is C15H18N2O3. The number of rotatable bonds is 5. The van der Waals surface area contributed by atoms with Crippen molar-refractivity contribution in [3.05, 3.63) is 42.0 Å².